The minimum atomic E-state index is 0.323. The third-order valence-corrected chi connectivity index (χ3v) is 3.53. The van der Waals surface area contributed by atoms with E-state index in [1.54, 1.807) is 0 Å². The van der Waals surface area contributed by atoms with Crippen LogP contribution in [0.2, 0.25) is 0 Å². The van der Waals surface area contributed by atoms with Crippen molar-refractivity contribution in [1.29, 1.82) is 0 Å². The number of hydrogen-bond acceptors (Lipinski definition) is 1. The average molecular weight is 282 g/mol. The molecular formula is C13H16BrNO. The molecule has 0 unspecified atom stereocenters. The van der Waals surface area contributed by atoms with Crippen molar-refractivity contribution in [2.75, 3.05) is 13.1 Å². The first-order chi connectivity index (χ1) is 7.75. The zero-order valence-corrected chi connectivity index (χ0v) is 10.9. The Kier molecular flexibility index (Phi) is 3.99. The first-order valence-corrected chi connectivity index (χ1v) is 6.57. The Morgan fingerprint density at radius 1 is 1.19 bits per heavy atom. The van der Waals surface area contributed by atoms with Crippen LogP contribution in [0.1, 0.15) is 24.8 Å². The van der Waals surface area contributed by atoms with Gasteiger partial charge in [0.15, 0.2) is 0 Å². The van der Waals surface area contributed by atoms with Gasteiger partial charge in [0.25, 0.3) is 0 Å². The van der Waals surface area contributed by atoms with E-state index >= 15 is 0 Å². The Bertz CT molecular complexity index is 361. The summed E-state index contributed by atoms with van der Waals surface area (Å²) in [4.78, 5) is 13.6. The number of rotatable bonds is 3. The molecule has 0 saturated carbocycles. The third-order valence-electron chi connectivity index (χ3n) is 3.01. The molecule has 0 N–H and O–H groups in total. The molecule has 0 atom stereocenters. The summed E-state index contributed by atoms with van der Waals surface area (Å²) in [7, 11) is 0. The van der Waals surface area contributed by atoms with Crippen LogP contribution in [-0.2, 0) is 11.2 Å². The molecule has 1 amide bonds. The predicted octanol–water partition coefficient (Wildman–Crippen LogP) is 3.00. The SMILES string of the molecule is O=C1CCCCN1CCc1ccc(Br)cc1. The summed E-state index contributed by atoms with van der Waals surface area (Å²) in [5, 5.41) is 0. The lowest BCUT2D eigenvalue weighted by Gasteiger charge is -2.26. The van der Waals surface area contributed by atoms with Crippen LogP contribution >= 0.6 is 15.9 Å². The highest BCUT2D eigenvalue weighted by Crippen LogP contribution is 2.13. The van der Waals surface area contributed by atoms with E-state index in [4.69, 9.17) is 0 Å². The number of hydrogen-bond donors (Lipinski definition) is 0. The Labute approximate surface area is 105 Å². The molecule has 0 aromatic heterocycles. The number of carbonyl (C=O) groups is 1. The van der Waals surface area contributed by atoms with Gasteiger partial charge in [-0.1, -0.05) is 28.1 Å². The maximum atomic E-state index is 11.6. The van der Waals surface area contributed by atoms with Gasteiger partial charge in [0, 0.05) is 24.0 Å². The first-order valence-electron chi connectivity index (χ1n) is 5.78. The highest BCUT2D eigenvalue weighted by atomic mass is 79.9. The number of carbonyl (C=O) groups excluding carboxylic acids is 1. The zero-order valence-electron chi connectivity index (χ0n) is 9.29. The minimum absolute atomic E-state index is 0.323. The highest BCUT2D eigenvalue weighted by molar-refractivity contribution is 9.10. The van der Waals surface area contributed by atoms with Crippen molar-refractivity contribution in [1.82, 2.24) is 4.90 Å². The van der Waals surface area contributed by atoms with E-state index in [0.717, 1.165) is 43.2 Å². The molecule has 3 heteroatoms. The van der Waals surface area contributed by atoms with E-state index in [1.807, 2.05) is 17.0 Å². The van der Waals surface area contributed by atoms with Crippen molar-refractivity contribution in [3.05, 3.63) is 34.3 Å². The molecule has 0 spiro atoms. The molecule has 0 aliphatic carbocycles. The molecule has 16 heavy (non-hydrogen) atoms. The Hall–Kier alpha value is -0.830. The highest BCUT2D eigenvalue weighted by Gasteiger charge is 2.16. The summed E-state index contributed by atoms with van der Waals surface area (Å²) in [5.74, 6) is 0.323. The molecule has 1 aliphatic rings. The van der Waals surface area contributed by atoms with E-state index in [1.165, 1.54) is 5.56 Å². The maximum Gasteiger partial charge on any atom is 0.222 e. The van der Waals surface area contributed by atoms with Gasteiger partial charge in [0.1, 0.15) is 0 Å². The lowest BCUT2D eigenvalue weighted by Crippen LogP contribution is -2.36. The molecule has 0 radical (unpaired) electrons. The largest absolute Gasteiger partial charge is 0.342 e. The van der Waals surface area contributed by atoms with Crippen LogP contribution in [0.15, 0.2) is 28.7 Å². The van der Waals surface area contributed by atoms with Crippen LogP contribution in [-0.4, -0.2) is 23.9 Å². The van der Waals surface area contributed by atoms with Crippen LogP contribution in [0, 0.1) is 0 Å². The smallest absolute Gasteiger partial charge is 0.222 e. The van der Waals surface area contributed by atoms with E-state index in [9.17, 15) is 4.79 Å². The maximum absolute atomic E-state index is 11.6. The van der Waals surface area contributed by atoms with Gasteiger partial charge in [-0.05, 0) is 37.0 Å². The monoisotopic (exact) mass is 281 g/mol. The molecule has 0 bridgehead atoms. The fraction of sp³-hybridized carbons (Fsp3) is 0.462. The number of amides is 1. The standard InChI is InChI=1S/C13H16BrNO/c14-12-6-4-11(5-7-12)8-10-15-9-2-1-3-13(15)16/h4-7H,1-3,8-10H2. The molecule has 2 rings (SSSR count). The number of nitrogens with zero attached hydrogens (tertiary/aromatic N) is 1. The van der Waals surface area contributed by atoms with Gasteiger partial charge < -0.3 is 4.90 Å². The van der Waals surface area contributed by atoms with Crippen molar-refractivity contribution in [3.8, 4) is 0 Å². The van der Waals surface area contributed by atoms with Gasteiger partial charge in [-0.15, -0.1) is 0 Å². The molecule has 1 aromatic rings. The van der Waals surface area contributed by atoms with Crippen LogP contribution in [0.4, 0.5) is 0 Å². The van der Waals surface area contributed by atoms with Crippen molar-refractivity contribution in [2.24, 2.45) is 0 Å². The Morgan fingerprint density at radius 3 is 2.62 bits per heavy atom. The van der Waals surface area contributed by atoms with Gasteiger partial charge in [-0.3, -0.25) is 4.79 Å². The van der Waals surface area contributed by atoms with Crippen molar-refractivity contribution in [2.45, 2.75) is 25.7 Å². The normalized spacial score (nSPS) is 16.6. The number of likely N-dealkylation sites (tertiary alicyclic amines) is 1. The van der Waals surface area contributed by atoms with E-state index < -0.39 is 0 Å². The second-order valence-electron chi connectivity index (χ2n) is 4.21. The van der Waals surface area contributed by atoms with Crippen molar-refractivity contribution < 1.29 is 4.79 Å². The van der Waals surface area contributed by atoms with Crippen LogP contribution in [0.25, 0.3) is 0 Å². The van der Waals surface area contributed by atoms with E-state index in [2.05, 4.69) is 28.1 Å². The first kappa shape index (κ1) is 11.6. The lowest BCUT2D eigenvalue weighted by molar-refractivity contribution is -0.133. The molecular weight excluding hydrogens is 266 g/mol. The van der Waals surface area contributed by atoms with Gasteiger partial charge in [-0.25, -0.2) is 0 Å². The summed E-state index contributed by atoms with van der Waals surface area (Å²) in [6, 6.07) is 8.32. The average Bonchev–Trinajstić information content (AvgIpc) is 2.30. The fourth-order valence-corrected chi connectivity index (χ4v) is 2.28. The minimum Gasteiger partial charge on any atom is -0.342 e. The fourth-order valence-electron chi connectivity index (χ4n) is 2.01. The van der Waals surface area contributed by atoms with Crippen LogP contribution < -0.4 is 0 Å². The Balaban J connectivity index is 1.86. The topological polar surface area (TPSA) is 20.3 Å². The molecule has 86 valence electrons. The summed E-state index contributed by atoms with van der Waals surface area (Å²) < 4.78 is 1.10. The van der Waals surface area contributed by atoms with Gasteiger partial charge in [0.05, 0.1) is 0 Å². The molecule has 2 nitrogen and oxygen atoms in total. The van der Waals surface area contributed by atoms with Crippen molar-refractivity contribution in [3.63, 3.8) is 0 Å². The zero-order chi connectivity index (χ0) is 11.4. The molecule has 1 aromatic carbocycles. The number of piperidine rings is 1. The predicted molar refractivity (Wildman–Crippen MR) is 68.3 cm³/mol. The van der Waals surface area contributed by atoms with Crippen LogP contribution in [0.3, 0.4) is 0 Å². The third kappa shape index (κ3) is 3.08. The van der Waals surface area contributed by atoms with Gasteiger partial charge >= 0.3 is 0 Å². The van der Waals surface area contributed by atoms with Gasteiger partial charge in [0.2, 0.25) is 5.91 Å². The summed E-state index contributed by atoms with van der Waals surface area (Å²) in [6.45, 7) is 1.80. The summed E-state index contributed by atoms with van der Waals surface area (Å²) >= 11 is 3.42. The van der Waals surface area contributed by atoms with E-state index in [-0.39, 0.29) is 0 Å². The van der Waals surface area contributed by atoms with Crippen LogP contribution in [0.5, 0.6) is 0 Å². The second kappa shape index (κ2) is 5.48. The molecule has 1 heterocycles. The molecule has 1 aliphatic heterocycles. The van der Waals surface area contributed by atoms with Crippen molar-refractivity contribution >= 4 is 21.8 Å². The lowest BCUT2D eigenvalue weighted by atomic mass is 10.1. The number of halogens is 1. The molecule has 1 saturated heterocycles. The van der Waals surface area contributed by atoms with E-state index in [0.29, 0.717) is 5.91 Å². The second-order valence-corrected chi connectivity index (χ2v) is 5.13. The van der Waals surface area contributed by atoms with Gasteiger partial charge in [-0.2, -0.15) is 0 Å². The molecule has 1 fully saturated rings. The summed E-state index contributed by atoms with van der Waals surface area (Å²) in [6.07, 6.45) is 3.92. The number of benzene rings is 1. The Morgan fingerprint density at radius 2 is 1.94 bits per heavy atom. The quantitative estimate of drug-likeness (QED) is 0.834. The summed E-state index contributed by atoms with van der Waals surface area (Å²) in [5.41, 5.74) is 1.29.